The van der Waals surface area contributed by atoms with E-state index in [1.54, 1.807) is 23.9 Å². The molecule has 1 heterocycles. The highest BCUT2D eigenvalue weighted by atomic mass is 32.2. The molecule has 0 bridgehead atoms. The number of nitrogens with zero attached hydrogens (tertiary/aromatic N) is 1. The third-order valence-corrected chi connectivity index (χ3v) is 5.60. The topological polar surface area (TPSA) is 31.2 Å². The number of para-hydroxylation sites is 1. The highest BCUT2D eigenvalue weighted by molar-refractivity contribution is 8.00. The Kier molecular flexibility index (Phi) is 5.99. The second-order valence-corrected chi connectivity index (χ2v) is 7.28. The fourth-order valence-corrected chi connectivity index (χ4v) is 4.04. The van der Waals surface area contributed by atoms with Gasteiger partial charge in [0.25, 0.3) is 0 Å². The maximum absolute atomic E-state index is 13.1. The fourth-order valence-electron chi connectivity index (χ4n) is 2.91. The van der Waals surface area contributed by atoms with Crippen molar-refractivity contribution in [2.75, 3.05) is 6.61 Å². The van der Waals surface area contributed by atoms with Crippen LogP contribution in [0.2, 0.25) is 0 Å². The lowest BCUT2D eigenvalue weighted by Crippen LogP contribution is -2.19. The molecule has 0 radical (unpaired) electrons. The van der Waals surface area contributed by atoms with Gasteiger partial charge >= 0.3 is 5.97 Å². The summed E-state index contributed by atoms with van der Waals surface area (Å²) in [6.07, 6.45) is 2.78. The van der Waals surface area contributed by atoms with E-state index in [0.717, 1.165) is 21.4 Å². The summed E-state index contributed by atoms with van der Waals surface area (Å²) >= 11 is 1.54. The third-order valence-electron chi connectivity index (χ3n) is 4.21. The molecule has 0 spiro atoms. The van der Waals surface area contributed by atoms with Crippen molar-refractivity contribution in [3.05, 3.63) is 66.1 Å². The van der Waals surface area contributed by atoms with Crippen molar-refractivity contribution in [3.8, 4) is 0 Å². The molecule has 0 saturated heterocycles. The number of halogens is 1. The number of carbonyl (C=O) groups excluding carboxylic acids is 1. The zero-order valence-electron chi connectivity index (χ0n) is 14.9. The number of esters is 1. The Bertz CT molecular complexity index is 889. The summed E-state index contributed by atoms with van der Waals surface area (Å²) in [5, 5.41) is 0.891. The lowest BCUT2D eigenvalue weighted by Gasteiger charge is -2.12. The summed E-state index contributed by atoms with van der Waals surface area (Å²) < 4.78 is 20.5. The van der Waals surface area contributed by atoms with Crippen molar-refractivity contribution in [1.29, 1.82) is 0 Å². The first-order chi connectivity index (χ1) is 12.6. The molecule has 1 atom stereocenters. The molecule has 5 heteroatoms. The van der Waals surface area contributed by atoms with Crippen LogP contribution in [0.3, 0.4) is 0 Å². The monoisotopic (exact) mass is 371 g/mol. The Morgan fingerprint density at radius 2 is 1.88 bits per heavy atom. The maximum Gasteiger partial charge on any atom is 0.319 e. The zero-order chi connectivity index (χ0) is 18.5. The van der Waals surface area contributed by atoms with Crippen molar-refractivity contribution in [2.45, 2.75) is 37.0 Å². The smallest absolute Gasteiger partial charge is 0.319 e. The van der Waals surface area contributed by atoms with E-state index in [2.05, 4.69) is 22.9 Å². The molecule has 136 valence electrons. The molecule has 0 aliphatic rings. The van der Waals surface area contributed by atoms with Crippen molar-refractivity contribution >= 4 is 28.6 Å². The van der Waals surface area contributed by atoms with Crippen LogP contribution < -0.4 is 0 Å². The minimum Gasteiger partial charge on any atom is -0.465 e. The van der Waals surface area contributed by atoms with Gasteiger partial charge < -0.3 is 9.30 Å². The molecule has 0 aliphatic carbocycles. The summed E-state index contributed by atoms with van der Waals surface area (Å²) in [5.41, 5.74) is 2.12. The van der Waals surface area contributed by atoms with Gasteiger partial charge in [0.2, 0.25) is 0 Å². The zero-order valence-corrected chi connectivity index (χ0v) is 15.8. The molecule has 2 aromatic carbocycles. The fraction of sp³-hybridized carbons (Fsp3) is 0.286. The predicted molar refractivity (Wildman–Crippen MR) is 104 cm³/mol. The summed E-state index contributed by atoms with van der Waals surface area (Å²) in [5.74, 6) is -0.405. The number of carbonyl (C=O) groups is 1. The minimum absolute atomic E-state index is 0.171. The molecule has 3 aromatic rings. The van der Waals surface area contributed by atoms with Crippen LogP contribution in [0.1, 0.15) is 25.8 Å². The average Bonchev–Trinajstić information content (AvgIpc) is 2.99. The van der Waals surface area contributed by atoms with Gasteiger partial charge in [-0.05, 0) is 37.1 Å². The van der Waals surface area contributed by atoms with Gasteiger partial charge in [0.05, 0.1) is 6.61 Å². The van der Waals surface area contributed by atoms with E-state index in [1.165, 1.54) is 12.1 Å². The molecule has 3 nitrogen and oxygen atoms in total. The second kappa shape index (κ2) is 8.41. The van der Waals surface area contributed by atoms with Crippen LogP contribution in [0.4, 0.5) is 4.39 Å². The van der Waals surface area contributed by atoms with Crippen LogP contribution in [0.5, 0.6) is 0 Å². The van der Waals surface area contributed by atoms with Crippen molar-refractivity contribution < 1.29 is 13.9 Å². The van der Waals surface area contributed by atoms with E-state index in [-0.39, 0.29) is 17.0 Å². The SMILES string of the molecule is CCOC(=O)C(CC)Sc1cn(Cc2ccc(F)cc2)c2ccccc12. The Morgan fingerprint density at radius 1 is 1.15 bits per heavy atom. The van der Waals surface area contributed by atoms with Crippen LogP contribution in [-0.4, -0.2) is 22.4 Å². The summed E-state index contributed by atoms with van der Waals surface area (Å²) in [6.45, 7) is 4.86. The van der Waals surface area contributed by atoms with E-state index in [1.807, 2.05) is 26.0 Å². The molecule has 1 unspecified atom stereocenters. The lowest BCUT2D eigenvalue weighted by atomic mass is 10.2. The molecular weight excluding hydrogens is 349 g/mol. The molecule has 0 amide bonds. The van der Waals surface area contributed by atoms with E-state index >= 15 is 0 Å². The van der Waals surface area contributed by atoms with E-state index in [4.69, 9.17) is 4.74 Å². The third kappa shape index (κ3) is 4.10. The molecule has 0 saturated carbocycles. The first kappa shape index (κ1) is 18.5. The van der Waals surface area contributed by atoms with Gasteiger partial charge in [-0.2, -0.15) is 0 Å². The van der Waals surface area contributed by atoms with Crippen molar-refractivity contribution in [3.63, 3.8) is 0 Å². The average molecular weight is 371 g/mol. The summed E-state index contributed by atoms with van der Waals surface area (Å²) in [6, 6.07) is 14.7. The lowest BCUT2D eigenvalue weighted by molar-refractivity contribution is -0.142. The standard InChI is InChI=1S/C21H22FNO2S/c1-3-19(21(24)25-4-2)26-20-14-23(18-8-6-5-7-17(18)20)13-15-9-11-16(22)12-10-15/h5-12,14,19H,3-4,13H2,1-2H3. The Balaban J connectivity index is 1.91. The van der Waals surface area contributed by atoms with Gasteiger partial charge in [-0.15, -0.1) is 11.8 Å². The van der Waals surface area contributed by atoms with Crippen LogP contribution in [0.15, 0.2) is 59.6 Å². The molecule has 26 heavy (non-hydrogen) atoms. The predicted octanol–water partition coefficient (Wildman–Crippen LogP) is 5.26. The first-order valence-electron chi connectivity index (χ1n) is 8.78. The van der Waals surface area contributed by atoms with E-state index < -0.39 is 0 Å². The number of hydrogen-bond acceptors (Lipinski definition) is 3. The number of hydrogen-bond donors (Lipinski definition) is 0. The van der Waals surface area contributed by atoms with Crippen LogP contribution in [-0.2, 0) is 16.1 Å². The van der Waals surface area contributed by atoms with Gasteiger partial charge in [0, 0.05) is 28.5 Å². The summed E-state index contributed by atoms with van der Waals surface area (Å²) in [4.78, 5) is 13.2. The van der Waals surface area contributed by atoms with Gasteiger partial charge in [0.1, 0.15) is 11.1 Å². The number of rotatable bonds is 7. The largest absolute Gasteiger partial charge is 0.465 e. The second-order valence-electron chi connectivity index (χ2n) is 6.03. The van der Waals surface area contributed by atoms with Gasteiger partial charge in [-0.3, -0.25) is 4.79 Å². The first-order valence-corrected chi connectivity index (χ1v) is 9.66. The number of benzene rings is 2. The molecule has 0 aliphatic heterocycles. The number of thioether (sulfide) groups is 1. The van der Waals surface area contributed by atoms with Crippen LogP contribution in [0.25, 0.3) is 10.9 Å². The highest BCUT2D eigenvalue weighted by Crippen LogP contribution is 2.34. The molecule has 0 fully saturated rings. The number of aromatic nitrogens is 1. The summed E-state index contributed by atoms with van der Waals surface area (Å²) in [7, 11) is 0. The Hall–Kier alpha value is -2.27. The number of fused-ring (bicyclic) bond motifs is 1. The van der Waals surface area contributed by atoms with Crippen LogP contribution >= 0.6 is 11.8 Å². The Labute approximate surface area is 157 Å². The van der Waals surface area contributed by atoms with Crippen molar-refractivity contribution in [1.82, 2.24) is 4.57 Å². The molecule has 1 aromatic heterocycles. The van der Waals surface area contributed by atoms with Gasteiger partial charge in [-0.1, -0.05) is 37.3 Å². The van der Waals surface area contributed by atoms with E-state index in [0.29, 0.717) is 19.6 Å². The normalized spacial score (nSPS) is 12.3. The molecular formula is C21H22FNO2S. The minimum atomic E-state index is -0.234. The van der Waals surface area contributed by atoms with E-state index in [9.17, 15) is 9.18 Å². The van der Waals surface area contributed by atoms with Gasteiger partial charge in [-0.25, -0.2) is 4.39 Å². The molecule has 0 N–H and O–H groups in total. The highest BCUT2D eigenvalue weighted by Gasteiger charge is 2.21. The van der Waals surface area contributed by atoms with Crippen molar-refractivity contribution in [2.24, 2.45) is 0 Å². The maximum atomic E-state index is 13.1. The number of ether oxygens (including phenoxy) is 1. The Morgan fingerprint density at radius 3 is 2.58 bits per heavy atom. The van der Waals surface area contributed by atoms with Crippen LogP contribution in [0, 0.1) is 5.82 Å². The quantitative estimate of drug-likeness (QED) is 0.419. The molecule has 3 rings (SSSR count). The van der Waals surface area contributed by atoms with Gasteiger partial charge in [0.15, 0.2) is 0 Å².